The van der Waals surface area contributed by atoms with E-state index in [9.17, 15) is 9.36 Å². The molecule has 1 aromatic rings. The van der Waals surface area contributed by atoms with Gasteiger partial charge in [-0.2, -0.15) is 5.26 Å². The molecule has 150 valence electrons. The lowest BCUT2D eigenvalue weighted by molar-refractivity contribution is -0.136. The number of carbonyl (C=O) groups is 1. The Morgan fingerprint density at radius 2 is 1.96 bits per heavy atom. The quantitative estimate of drug-likeness (QED) is 0.391. The molecule has 2 unspecified atom stereocenters. The van der Waals surface area contributed by atoms with E-state index >= 15 is 0 Å². The minimum Gasteiger partial charge on any atom is -0.466 e. The summed E-state index contributed by atoms with van der Waals surface area (Å²) in [5.41, 5.74) is 1.91. The number of ether oxygens (including phenoxy) is 1. The Labute approximate surface area is 169 Å². The number of halogens is 1. The summed E-state index contributed by atoms with van der Waals surface area (Å²) < 4.78 is 29.4. The molecule has 0 spiro atoms. The third-order valence-electron chi connectivity index (χ3n) is 4.36. The lowest BCUT2D eigenvalue weighted by Gasteiger charge is -2.34. The SMILES string of the molecule is COC(=O)C1=C(C)NC(C)=C(P(=O)(OC)OCCC#N)C1c1ccccc1Cl. The highest BCUT2D eigenvalue weighted by atomic mass is 35.5. The second-order valence-electron chi connectivity index (χ2n) is 6.04. The van der Waals surface area contributed by atoms with Crippen LogP contribution in [-0.2, 0) is 23.1 Å². The summed E-state index contributed by atoms with van der Waals surface area (Å²) in [4.78, 5) is 12.6. The van der Waals surface area contributed by atoms with Crippen LogP contribution in [0.15, 0.2) is 46.5 Å². The predicted octanol–water partition coefficient (Wildman–Crippen LogP) is 4.48. The minimum atomic E-state index is -3.85. The molecule has 0 saturated heterocycles. The van der Waals surface area contributed by atoms with E-state index in [2.05, 4.69) is 5.32 Å². The largest absolute Gasteiger partial charge is 0.466 e. The summed E-state index contributed by atoms with van der Waals surface area (Å²) in [6, 6.07) is 8.90. The number of dihydropyridines is 1. The third kappa shape index (κ3) is 4.31. The second kappa shape index (κ2) is 9.40. The van der Waals surface area contributed by atoms with Crippen molar-refractivity contribution in [2.24, 2.45) is 0 Å². The Morgan fingerprint density at radius 1 is 1.29 bits per heavy atom. The van der Waals surface area contributed by atoms with Crippen LogP contribution in [0, 0.1) is 11.3 Å². The van der Waals surface area contributed by atoms with Gasteiger partial charge in [-0.3, -0.25) is 4.57 Å². The zero-order chi connectivity index (χ0) is 20.9. The van der Waals surface area contributed by atoms with E-state index in [0.29, 0.717) is 22.0 Å². The van der Waals surface area contributed by atoms with E-state index in [4.69, 9.17) is 30.6 Å². The van der Waals surface area contributed by atoms with E-state index in [0.717, 1.165) is 0 Å². The van der Waals surface area contributed by atoms with Crippen LogP contribution in [0.2, 0.25) is 5.02 Å². The van der Waals surface area contributed by atoms with Gasteiger partial charge in [0.1, 0.15) is 0 Å². The molecule has 0 bridgehead atoms. The number of benzene rings is 1. The first-order valence-corrected chi connectivity index (χ1v) is 10.4. The van der Waals surface area contributed by atoms with Crippen molar-refractivity contribution in [3.05, 3.63) is 57.1 Å². The Kier molecular flexibility index (Phi) is 7.45. The fourth-order valence-electron chi connectivity index (χ4n) is 3.17. The average molecular weight is 425 g/mol. The molecule has 0 saturated carbocycles. The number of allylic oxidation sites excluding steroid dienone is 3. The first kappa shape index (κ1) is 22.2. The second-order valence-corrected chi connectivity index (χ2v) is 8.55. The minimum absolute atomic E-state index is 0.0442. The highest BCUT2D eigenvalue weighted by Crippen LogP contribution is 2.64. The number of carbonyl (C=O) groups excluding carboxylic acids is 1. The van der Waals surface area contributed by atoms with Crippen LogP contribution in [0.1, 0.15) is 31.7 Å². The Morgan fingerprint density at radius 3 is 2.54 bits per heavy atom. The van der Waals surface area contributed by atoms with Gasteiger partial charge in [-0.15, -0.1) is 0 Å². The first-order chi connectivity index (χ1) is 13.3. The van der Waals surface area contributed by atoms with Crippen LogP contribution in [0.3, 0.4) is 0 Å². The van der Waals surface area contributed by atoms with Crippen molar-refractivity contribution in [3.63, 3.8) is 0 Å². The van der Waals surface area contributed by atoms with Crippen LogP contribution in [0.5, 0.6) is 0 Å². The molecule has 1 aromatic carbocycles. The molecule has 28 heavy (non-hydrogen) atoms. The molecule has 1 aliphatic rings. The lowest BCUT2D eigenvalue weighted by Crippen LogP contribution is -2.29. The van der Waals surface area contributed by atoms with Crippen molar-refractivity contribution in [1.82, 2.24) is 5.32 Å². The Bertz CT molecular complexity index is 919. The average Bonchev–Trinajstić information content (AvgIpc) is 2.67. The summed E-state index contributed by atoms with van der Waals surface area (Å²) in [7, 11) is -1.31. The molecule has 0 fully saturated rings. The maximum absolute atomic E-state index is 13.6. The summed E-state index contributed by atoms with van der Waals surface area (Å²) in [6.45, 7) is 3.37. The highest BCUT2D eigenvalue weighted by molar-refractivity contribution is 7.58. The maximum atomic E-state index is 13.6. The van der Waals surface area contributed by atoms with Gasteiger partial charge in [-0.25, -0.2) is 4.79 Å². The van der Waals surface area contributed by atoms with Gasteiger partial charge in [0.05, 0.1) is 43.0 Å². The number of methoxy groups -OCH3 is 1. The van der Waals surface area contributed by atoms with E-state index in [1.54, 1.807) is 38.1 Å². The van der Waals surface area contributed by atoms with Crippen LogP contribution in [0.4, 0.5) is 0 Å². The van der Waals surface area contributed by atoms with Crippen molar-refractivity contribution < 1.29 is 23.1 Å². The van der Waals surface area contributed by atoms with Gasteiger partial charge in [0.15, 0.2) is 0 Å². The molecular weight excluding hydrogens is 403 g/mol. The maximum Gasteiger partial charge on any atom is 0.359 e. The summed E-state index contributed by atoms with van der Waals surface area (Å²) >= 11 is 6.42. The van der Waals surface area contributed by atoms with Crippen LogP contribution >= 0.6 is 19.2 Å². The third-order valence-corrected chi connectivity index (χ3v) is 6.89. The standard InChI is InChI=1S/C19H22ClN2O5P/c1-12-16(19(23)25-3)17(14-8-5-6-9-15(14)20)18(13(2)22-12)28(24,26-4)27-11-7-10-21/h5-6,8-9,17,22H,7,11H2,1-4H3. The Hall–Kier alpha value is -2.10. The number of hydrogen-bond donors (Lipinski definition) is 1. The topological polar surface area (TPSA) is 97.7 Å². The van der Waals surface area contributed by atoms with Gasteiger partial charge in [0.2, 0.25) is 0 Å². The molecule has 0 radical (unpaired) electrons. The molecular formula is C19H22ClN2O5P. The number of nitriles is 1. The first-order valence-electron chi connectivity index (χ1n) is 8.49. The van der Waals surface area contributed by atoms with Crippen LogP contribution in [-0.4, -0.2) is 26.8 Å². The fraction of sp³-hybridized carbons (Fsp3) is 0.368. The summed E-state index contributed by atoms with van der Waals surface area (Å²) in [6.07, 6.45) is 0.0442. The van der Waals surface area contributed by atoms with Gasteiger partial charge in [-0.05, 0) is 25.5 Å². The monoisotopic (exact) mass is 424 g/mol. The van der Waals surface area contributed by atoms with E-state index in [-0.39, 0.29) is 23.9 Å². The number of rotatable bonds is 7. The molecule has 9 heteroatoms. The van der Waals surface area contributed by atoms with Crippen LogP contribution < -0.4 is 5.32 Å². The van der Waals surface area contributed by atoms with Gasteiger partial charge >= 0.3 is 13.6 Å². The molecule has 0 aromatic heterocycles. The zero-order valence-corrected chi connectivity index (χ0v) is 17.8. The normalized spacial score (nSPS) is 18.9. The van der Waals surface area contributed by atoms with Crippen molar-refractivity contribution in [2.45, 2.75) is 26.2 Å². The Balaban J connectivity index is 2.72. The van der Waals surface area contributed by atoms with Gasteiger partial charge in [0, 0.05) is 23.5 Å². The van der Waals surface area contributed by atoms with Crippen molar-refractivity contribution in [3.8, 4) is 6.07 Å². The summed E-state index contributed by atoms with van der Waals surface area (Å²) in [5, 5.41) is 12.5. The van der Waals surface area contributed by atoms with Crippen molar-refractivity contribution in [2.75, 3.05) is 20.8 Å². The van der Waals surface area contributed by atoms with Crippen LogP contribution in [0.25, 0.3) is 0 Å². The highest BCUT2D eigenvalue weighted by Gasteiger charge is 2.44. The van der Waals surface area contributed by atoms with Gasteiger partial charge in [-0.1, -0.05) is 29.8 Å². The number of hydrogen-bond acceptors (Lipinski definition) is 7. The molecule has 1 N–H and O–H groups in total. The molecule has 1 heterocycles. The number of nitrogens with one attached hydrogen (secondary N) is 1. The number of nitrogens with zero attached hydrogens (tertiary/aromatic N) is 1. The molecule has 7 nitrogen and oxygen atoms in total. The van der Waals surface area contributed by atoms with Crippen molar-refractivity contribution in [1.29, 1.82) is 5.26 Å². The van der Waals surface area contributed by atoms with E-state index < -0.39 is 19.5 Å². The van der Waals surface area contributed by atoms with E-state index in [1.165, 1.54) is 14.2 Å². The molecule has 1 aliphatic heterocycles. The molecule has 0 amide bonds. The fourth-order valence-corrected chi connectivity index (χ4v) is 5.24. The lowest BCUT2D eigenvalue weighted by atomic mass is 9.86. The van der Waals surface area contributed by atoms with Gasteiger partial charge < -0.3 is 19.1 Å². The van der Waals surface area contributed by atoms with E-state index in [1.807, 2.05) is 6.07 Å². The zero-order valence-electron chi connectivity index (χ0n) is 16.1. The molecule has 2 atom stereocenters. The molecule has 0 aliphatic carbocycles. The van der Waals surface area contributed by atoms with Gasteiger partial charge in [0.25, 0.3) is 0 Å². The smallest absolute Gasteiger partial charge is 0.359 e. The summed E-state index contributed by atoms with van der Waals surface area (Å²) in [5.74, 6) is -1.38. The predicted molar refractivity (Wildman–Crippen MR) is 106 cm³/mol. The number of esters is 1. The molecule has 2 rings (SSSR count). The van der Waals surface area contributed by atoms with Crippen molar-refractivity contribution >= 4 is 25.2 Å².